The van der Waals surface area contributed by atoms with Gasteiger partial charge in [0.25, 0.3) is 0 Å². The number of hydrogen-bond donors (Lipinski definition) is 2. The number of hydrogen-bond acceptors (Lipinski definition) is 4. The summed E-state index contributed by atoms with van der Waals surface area (Å²) in [5.41, 5.74) is 0.664. The number of rotatable bonds is 2. The minimum absolute atomic E-state index is 0. The largest absolute Gasteiger partial charge is 0.323 e. The zero-order chi connectivity index (χ0) is 10.7. The van der Waals surface area contributed by atoms with Crippen molar-refractivity contribution in [1.82, 2.24) is 15.3 Å². The molecule has 2 heterocycles. The number of aryl methyl sites for hydroxylation is 1. The fourth-order valence-corrected chi connectivity index (χ4v) is 1.58. The molecule has 0 spiro atoms. The Kier molecular flexibility index (Phi) is 4.64. The van der Waals surface area contributed by atoms with Crippen LogP contribution in [0.1, 0.15) is 12.2 Å². The Morgan fingerprint density at radius 1 is 1.50 bits per heavy atom. The lowest BCUT2D eigenvalue weighted by Crippen LogP contribution is -2.24. The molecule has 1 fully saturated rings. The van der Waals surface area contributed by atoms with Gasteiger partial charge in [-0.3, -0.25) is 4.79 Å². The lowest BCUT2D eigenvalue weighted by Gasteiger charge is -2.08. The number of anilines is 1. The zero-order valence-corrected chi connectivity index (χ0v) is 9.88. The van der Waals surface area contributed by atoms with Crippen molar-refractivity contribution in [2.24, 2.45) is 5.92 Å². The molecule has 0 bridgehead atoms. The highest BCUT2D eigenvalue weighted by molar-refractivity contribution is 5.92. The second-order valence-corrected chi connectivity index (χ2v) is 3.70. The van der Waals surface area contributed by atoms with Crippen LogP contribution in [0.25, 0.3) is 0 Å². The fourth-order valence-electron chi connectivity index (χ4n) is 1.58. The summed E-state index contributed by atoms with van der Waals surface area (Å²) in [6, 6.07) is 0. The van der Waals surface area contributed by atoms with Crippen molar-refractivity contribution in [3.05, 3.63) is 18.2 Å². The Bertz CT molecular complexity index is 348. The van der Waals surface area contributed by atoms with Crippen LogP contribution in [0, 0.1) is 12.8 Å². The molecular formula is C10H15ClN4O. The first-order chi connectivity index (χ1) is 7.25. The molecule has 1 aliphatic rings. The highest BCUT2D eigenvalue weighted by Gasteiger charge is 2.22. The van der Waals surface area contributed by atoms with E-state index >= 15 is 0 Å². The van der Waals surface area contributed by atoms with Crippen molar-refractivity contribution in [1.29, 1.82) is 0 Å². The van der Waals surface area contributed by atoms with E-state index < -0.39 is 0 Å². The van der Waals surface area contributed by atoms with Gasteiger partial charge in [0.1, 0.15) is 5.82 Å². The monoisotopic (exact) mass is 242 g/mol. The highest BCUT2D eigenvalue weighted by atomic mass is 35.5. The number of nitrogens with one attached hydrogen (secondary N) is 2. The molecule has 1 atom stereocenters. The Morgan fingerprint density at radius 2 is 2.19 bits per heavy atom. The van der Waals surface area contributed by atoms with Gasteiger partial charge in [0.05, 0.1) is 24.0 Å². The van der Waals surface area contributed by atoms with Crippen LogP contribution in [-0.4, -0.2) is 29.0 Å². The van der Waals surface area contributed by atoms with Gasteiger partial charge in [-0.2, -0.15) is 0 Å². The van der Waals surface area contributed by atoms with E-state index in [0.29, 0.717) is 11.5 Å². The Labute approximate surface area is 100 Å². The van der Waals surface area contributed by atoms with Crippen LogP contribution < -0.4 is 10.6 Å². The third kappa shape index (κ3) is 3.15. The molecule has 1 amide bonds. The summed E-state index contributed by atoms with van der Waals surface area (Å²) < 4.78 is 0. The first-order valence-electron chi connectivity index (χ1n) is 5.06. The van der Waals surface area contributed by atoms with Gasteiger partial charge in [-0.05, 0) is 19.9 Å². The smallest absolute Gasteiger partial charge is 0.228 e. The molecule has 5 nitrogen and oxygen atoms in total. The number of carbonyl (C=O) groups excluding carboxylic acids is 1. The van der Waals surface area contributed by atoms with E-state index in [2.05, 4.69) is 20.6 Å². The van der Waals surface area contributed by atoms with Crippen LogP contribution in [0.5, 0.6) is 0 Å². The molecule has 6 heteroatoms. The van der Waals surface area contributed by atoms with E-state index in [4.69, 9.17) is 0 Å². The summed E-state index contributed by atoms with van der Waals surface area (Å²) in [5.74, 6) is 0.828. The SMILES string of the molecule is Cc1ncc(NC(=O)[C@H]2CCNC2)cn1.Cl. The van der Waals surface area contributed by atoms with Gasteiger partial charge in [0.2, 0.25) is 5.91 Å². The van der Waals surface area contributed by atoms with Crippen molar-refractivity contribution in [2.75, 3.05) is 18.4 Å². The summed E-state index contributed by atoms with van der Waals surface area (Å²) in [6.07, 6.45) is 4.16. The van der Waals surface area contributed by atoms with E-state index in [9.17, 15) is 4.79 Å². The highest BCUT2D eigenvalue weighted by Crippen LogP contribution is 2.11. The second-order valence-electron chi connectivity index (χ2n) is 3.70. The van der Waals surface area contributed by atoms with Crippen molar-refractivity contribution < 1.29 is 4.79 Å². The van der Waals surface area contributed by atoms with Crippen molar-refractivity contribution >= 4 is 24.0 Å². The molecule has 0 aromatic carbocycles. The van der Waals surface area contributed by atoms with Crippen LogP contribution >= 0.6 is 12.4 Å². The molecule has 2 N–H and O–H groups in total. The maximum Gasteiger partial charge on any atom is 0.228 e. The number of amides is 1. The van der Waals surface area contributed by atoms with Gasteiger partial charge >= 0.3 is 0 Å². The predicted octanol–water partition coefficient (Wildman–Crippen LogP) is 0.755. The lowest BCUT2D eigenvalue weighted by atomic mass is 10.1. The Morgan fingerprint density at radius 3 is 2.75 bits per heavy atom. The number of halogens is 1. The summed E-state index contributed by atoms with van der Waals surface area (Å²) >= 11 is 0. The Hall–Kier alpha value is -1.20. The van der Waals surface area contributed by atoms with Crippen molar-refractivity contribution in [2.45, 2.75) is 13.3 Å². The Balaban J connectivity index is 0.00000128. The molecule has 16 heavy (non-hydrogen) atoms. The molecule has 1 aromatic heterocycles. The first kappa shape index (κ1) is 12.9. The maximum absolute atomic E-state index is 11.7. The van der Waals surface area contributed by atoms with Crippen LogP contribution in [0.3, 0.4) is 0 Å². The average Bonchev–Trinajstić information content (AvgIpc) is 2.74. The third-order valence-electron chi connectivity index (χ3n) is 2.48. The number of carbonyl (C=O) groups is 1. The van der Waals surface area contributed by atoms with Gasteiger partial charge in [-0.25, -0.2) is 9.97 Å². The summed E-state index contributed by atoms with van der Waals surface area (Å²) in [6.45, 7) is 3.49. The van der Waals surface area contributed by atoms with Gasteiger partial charge in [0, 0.05) is 6.54 Å². The maximum atomic E-state index is 11.7. The van der Waals surface area contributed by atoms with E-state index in [1.165, 1.54) is 0 Å². The van der Waals surface area contributed by atoms with Crippen molar-refractivity contribution in [3.63, 3.8) is 0 Å². The third-order valence-corrected chi connectivity index (χ3v) is 2.48. The lowest BCUT2D eigenvalue weighted by molar-refractivity contribution is -0.119. The van der Waals surface area contributed by atoms with Gasteiger partial charge in [-0.15, -0.1) is 12.4 Å². The van der Waals surface area contributed by atoms with Gasteiger partial charge in [0.15, 0.2) is 0 Å². The van der Waals surface area contributed by atoms with Crippen LogP contribution in [0.4, 0.5) is 5.69 Å². The summed E-state index contributed by atoms with van der Waals surface area (Å²) in [5, 5.41) is 5.96. The van der Waals surface area contributed by atoms with E-state index in [1.54, 1.807) is 12.4 Å². The van der Waals surface area contributed by atoms with Gasteiger partial charge < -0.3 is 10.6 Å². The van der Waals surface area contributed by atoms with Crippen molar-refractivity contribution in [3.8, 4) is 0 Å². The fraction of sp³-hybridized carbons (Fsp3) is 0.500. The summed E-state index contributed by atoms with van der Waals surface area (Å²) in [7, 11) is 0. The van der Waals surface area contributed by atoms with E-state index in [1.807, 2.05) is 6.92 Å². The molecule has 0 unspecified atom stereocenters. The standard InChI is InChI=1S/C10H14N4O.ClH/c1-7-12-5-9(6-13-7)14-10(15)8-2-3-11-4-8;/h5-6,8,11H,2-4H2,1H3,(H,14,15);1H/t8-;/m0./s1. The summed E-state index contributed by atoms with van der Waals surface area (Å²) in [4.78, 5) is 19.7. The first-order valence-corrected chi connectivity index (χ1v) is 5.06. The molecule has 0 radical (unpaired) electrons. The van der Waals surface area contributed by atoms with E-state index in [-0.39, 0.29) is 24.2 Å². The molecule has 1 aromatic rings. The normalized spacial score (nSPS) is 18.9. The van der Waals surface area contributed by atoms with Crippen LogP contribution in [0.2, 0.25) is 0 Å². The predicted molar refractivity (Wildman–Crippen MR) is 63.6 cm³/mol. The molecule has 2 rings (SSSR count). The molecule has 0 saturated carbocycles. The molecule has 0 aliphatic carbocycles. The molecular weight excluding hydrogens is 228 g/mol. The minimum Gasteiger partial charge on any atom is -0.323 e. The number of aromatic nitrogens is 2. The van der Waals surface area contributed by atoms with E-state index in [0.717, 1.165) is 19.5 Å². The average molecular weight is 243 g/mol. The minimum atomic E-state index is 0. The topological polar surface area (TPSA) is 66.9 Å². The molecule has 1 aliphatic heterocycles. The van der Waals surface area contributed by atoms with Gasteiger partial charge in [-0.1, -0.05) is 0 Å². The van der Waals surface area contributed by atoms with Crippen LogP contribution in [0.15, 0.2) is 12.4 Å². The molecule has 1 saturated heterocycles. The quantitative estimate of drug-likeness (QED) is 0.804. The number of nitrogens with zero attached hydrogens (tertiary/aromatic N) is 2. The van der Waals surface area contributed by atoms with Crippen LogP contribution in [-0.2, 0) is 4.79 Å². The zero-order valence-electron chi connectivity index (χ0n) is 9.06. The molecule has 88 valence electrons. The second kappa shape index (κ2) is 5.77.